The van der Waals surface area contributed by atoms with E-state index in [4.69, 9.17) is 10.5 Å². The second kappa shape index (κ2) is 8.86. The highest BCUT2D eigenvalue weighted by Crippen LogP contribution is 2.17. The molecule has 8 heteroatoms. The molecule has 7 nitrogen and oxygen atoms in total. The number of carbonyl (C=O) groups excluding carboxylic acids is 1. The summed E-state index contributed by atoms with van der Waals surface area (Å²) in [5.41, 5.74) is 7.06. The molecule has 1 aromatic rings. The maximum absolute atomic E-state index is 11.7. The molecule has 0 atom stereocenters. The summed E-state index contributed by atoms with van der Waals surface area (Å²) in [6, 6.07) is 0.256. The van der Waals surface area contributed by atoms with Gasteiger partial charge < -0.3 is 20.7 Å². The van der Waals surface area contributed by atoms with Crippen LogP contribution in [0.5, 0.6) is 0 Å². The Hall–Kier alpha value is -1.83. The molecule has 0 bridgehead atoms. The molecule has 1 saturated heterocycles. The molecule has 0 saturated carbocycles. The van der Waals surface area contributed by atoms with Crippen molar-refractivity contribution in [1.29, 1.82) is 0 Å². The maximum Gasteiger partial charge on any atom is 0.409 e. The van der Waals surface area contributed by atoms with Crippen LogP contribution < -0.4 is 11.1 Å². The number of hydrogen-bond donors (Lipinski definition) is 2. The van der Waals surface area contributed by atoms with Gasteiger partial charge >= 0.3 is 6.09 Å². The molecule has 1 aliphatic heterocycles. The first-order chi connectivity index (χ1) is 11.5. The summed E-state index contributed by atoms with van der Waals surface area (Å²) >= 11 is 1.72. The van der Waals surface area contributed by atoms with Crippen molar-refractivity contribution in [1.82, 2.24) is 15.2 Å². The third-order valence-electron chi connectivity index (χ3n) is 3.99. The maximum atomic E-state index is 11.7. The summed E-state index contributed by atoms with van der Waals surface area (Å²) in [4.78, 5) is 23.5. The fraction of sp³-hybridized carbons (Fsp3) is 0.688. The molecule has 1 amide bonds. The number of aliphatic imine (C=N–C) groups is 1. The molecule has 134 valence electrons. The first-order valence-electron chi connectivity index (χ1n) is 8.40. The standard InChI is InChI=1S/C16H27N5O2S/c1-4-23-16(22)21-9-6-13(7-10-21)20-15(17)18-8-5-14-11(2)19-12(3)24-14/h13H,4-10H2,1-3H3,(H3,17,18,20). The van der Waals surface area contributed by atoms with E-state index in [-0.39, 0.29) is 12.1 Å². The van der Waals surface area contributed by atoms with E-state index in [9.17, 15) is 4.79 Å². The van der Waals surface area contributed by atoms with E-state index in [0.717, 1.165) is 30.0 Å². The number of likely N-dealkylation sites (tertiary alicyclic amines) is 1. The zero-order valence-electron chi connectivity index (χ0n) is 14.7. The molecule has 2 heterocycles. The Kier molecular flexibility index (Phi) is 6.84. The number of nitrogens with zero attached hydrogens (tertiary/aromatic N) is 3. The van der Waals surface area contributed by atoms with Crippen molar-refractivity contribution >= 4 is 23.4 Å². The number of nitrogens with two attached hydrogens (primary N) is 1. The van der Waals surface area contributed by atoms with E-state index in [2.05, 4.69) is 15.3 Å². The Morgan fingerprint density at radius 1 is 1.46 bits per heavy atom. The first kappa shape index (κ1) is 18.5. The largest absolute Gasteiger partial charge is 0.450 e. The normalized spacial score (nSPS) is 16.3. The third kappa shape index (κ3) is 5.36. The molecule has 0 spiro atoms. The van der Waals surface area contributed by atoms with Gasteiger partial charge in [-0.05, 0) is 33.6 Å². The molecule has 3 N–H and O–H groups in total. The van der Waals surface area contributed by atoms with Crippen LogP contribution in [-0.2, 0) is 11.2 Å². The van der Waals surface area contributed by atoms with Gasteiger partial charge in [-0.2, -0.15) is 0 Å². The Labute approximate surface area is 147 Å². The lowest BCUT2D eigenvalue weighted by atomic mass is 10.1. The minimum Gasteiger partial charge on any atom is -0.450 e. The van der Waals surface area contributed by atoms with Crippen molar-refractivity contribution in [3.05, 3.63) is 15.6 Å². The van der Waals surface area contributed by atoms with Crippen molar-refractivity contribution in [2.75, 3.05) is 26.2 Å². The number of guanidine groups is 1. The number of thiazole rings is 1. The van der Waals surface area contributed by atoms with E-state index in [0.29, 0.717) is 32.2 Å². The van der Waals surface area contributed by atoms with Gasteiger partial charge in [0.05, 0.1) is 17.3 Å². The molecule has 0 aliphatic carbocycles. The molecule has 0 radical (unpaired) electrons. The molecular formula is C16H27N5O2S. The Bertz CT molecular complexity index is 579. The molecule has 2 rings (SSSR count). The van der Waals surface area contributed by atoms with Gasteiger partial charge in [-0.25, -0.2) is 9.78 Å². The number of rotatable bonds is 5. The quantitative estimate of drug-likeness (QED) is 0.622. The van der Waals surface area contributed by atoms with Crippen LogP contribution in [0.15, 0.2) is 4.99 Å². The number of hydrogen-bond acceptors (Lipinski definition) is 5. The number of piperidine rings is 1. The van der Waals surface area contributed by atoms with Gasteiger partial charge in [-0.1, -0.05) is 0 Å². The predicted molar refractivity (Wildman–Crippen MR) is 96.5 cm³/mol. The van der Waals surface area contributed by atoms with Crippen molar-refractivity contribution < 1.29 is 9.53 Å². The zero-order valence-corrected chi connectivity index (χ0v) is 15.5. The van der Waals surface area contributed by atoms with Crippen LogP contribution in [0.3, 0.4) is 0 Å². The molecule has 1 aliphatic rings. The summed E-state index contributed by atoms with van der Waals surface area (Å²) in [6.07, 6.45) is 2.33. The lowest BCUT2D eigenvalue weighted by Crippen LogP contribution is -2.48. The Morgan fingerprint density at radius 2 is 2.17 bits per heavy atom. The topological polar surface area (TPSA) is 92.8 Å². The van der Waals surface area contributed by atoms with Crippen molar-refractivity contribution in [3.63, 3.8) is 0 Å². The van der Waals surface area contributed by atoms with Crippen LogP contribution in [0.1, 0.15) is 35.3 Å². The summed E-state index contributed by atoms with van der Waals surface area (Å²) in [5.74, 6) is 0.475. The van der Waals surface area contributed by atoms with Crippen LogP contribution >= 0.6 is 11.3 Å². The lowest BCUT2D eigenvalue weighted by molar-refractivity contribution is 0.0963. The summed E-state index contributed by atoms with van der Waals surface area (Å²) < 4.78 is 5.02. The molecule has 24 heavy (non-hydrogen) atoms. The minimum absolute atomic E-state index is 0.229. The highest BCUT2D eigenvalue weighted by molar-refractivity contribution is 7.11. The summed E-state index contributed by atoms with van der Waals surface area (Å²) in [6.45, 7) is 8.30. The number of aromatic nitrogens is 1. The molecule has 0 aromatic carbocycles. The average molecular weight is 353 g/mol. The van der Waals surface area contributed by atoms with E-state index >= 15 is 0 Å². The predicted octanol–water partition coefficient (Wildman–Crippen LogP) is 1.83. The van der Waals surface area contributed by atoms with Gasteiger partial charge in [0.15, 0.2) is 5.96 Å². The van der Waals surface area contributed by atoms with Crippen LogP contribution in [-0.4, -0.2) is 54.2 Å². The highest BCUT2D eigenvalue weighted by atomic mass is 32.1. The van der Waals surface area contributed by atoms with E-state index in [1.54, 1.807) is 16.2 Å². The van der Waals surface area contributed by atoms with Gasteiger partial charge in [0.25, 0.3) is 0 Å². The SMILES string of the molecule is CCOC(=O)N1CCC(NC(N)=NCCc2sc(C)nc2C)CC1. The molecule has 1 aromatic heterocycles. The van der Waals surface area contributed by atoms with Crippen LogP contribution in [0.25, 0.3) is 0 Å². The zero-order chi connectivity index (χ0) is 17.5. The summed E-state index contributed by atoms with van der Waals surface area (Å²) in [7, 11) is 0. The van der Waals surface area contributed by atoms with Crippen LogP contribution in [0, 0.1) is 13.8 Å². The monoisotopic (exact) mass is 353 g/mol. The molecule has 1 fully saturated rings. The number of aryl methyl sites for hydroxylation is 2. The van der Waals surface area contributed by atoms with E-state index in [1.807, 2.05) is 20.8 Å². The first-order valence-corrected chi connectivity index (χ1v) is 9.22. The molecule has 0 unspecified atom stereocenters. The Balaban J connectivity index is 1.72. The second-order valence-electron chi connectivity index (χ2n) is 5.86. The van der Waals surface area contributed by atoms with Gasteiger partial charge in [0.2, 0.25) is 0 Å². The Morgan fingerprint density at radius 3 is 2.75 bits per heavy atom. The second-order valence-corrected chi connectivity index (χ2v) is 7.15. The average Bonchev–Trinajstić information content (AvgIpc) is 2.86. The van der Waals surface area contributed by atoms with E-state index in [1.165, 1.54) is 4.88 Å². The van der Waals surface area contributed by atoms with Crippen LogP contribution in [0.4, 0.5) is 4.79 Å². The van der Waals surface area contributed by atoms with Gasteiger partial charge in [-0.3, -0.25) is 4.99 Å². The number of nitrogens with one attached hydrogen (secondary N) is 1. The lowest BCUT2D eigenvalue weighted by Gasteiger charge is -2.31. The van der Waals surface area contributed by atoms with Gasteiger partial charge in [-0.15, -0.1) is 11.3 Å². The van der Waals surface area contributed by atoms with E-state index < -0.39 is 0 Å². The number of ether oxygens (including phenoxy) is 1. The highest BCUT2D eigenvalue weighted by Gasteiger charge is 2.23. The van der Waals surface area contributed by atoms with Gasteiger partial charge in [0, 0.05) is 37.0 Å². The third-order valence-corrected chi connectivity index (χ3v) is 5.13. The van der Waals surface area contributed by atoms with Crippen molar-refractivity contribution in [2.24, 2.45) is 10.7 Å². The van der Waals surface area contributed by atoms with Crippen molar-refractivity contribution in [2.45, 2.75) is 46.1 Å². The van der Waals surface area contributed by atoms with Gasteiger partial charge in [0.1, 0.15) is 0 Å². The minimum atomic E-state index is -0.229. The number of carbonyl (C=O) groups is 1. The van der Waals surface area contributed by atoms with Crippen molar-refractivity contribution in [3.8, 4) is 0 Å². The smallest absolute Gasteiger partial charge is 0.409 e. The molecular weight excluding hydrogens is 326 g/mol. The van der Waals surface area contributed by atoms with Crippen LogP contribution in [0.2, 0.25) is 0 Å². The fourth-order valence-corrected chi connectivity index (χ4v) is 3.69. The number of amides is 1. The summed E-state index contributed by atoms with van der Waals surface area (Å²) in [5, 5.41) is 4.34. The fourth-order valence-electron chi connectivity index (χ4n) is 2.76.